The Balaban J connectivity index is 1.88. The van der Waals surface area contributed by atoms with Gasteiger partial charge < -0.3 is 5.32 Å². The molecule has 5 aromatic rings. The van der Waals surface area contributed by atoms with E-state index in [1.165, 1.54) is 0 Å². The number of pyridine rings is 3. The number of hydrogen-bond donors (Lipinski definition) is 1. The van der Waals surface area contributed by atoms with E-state index in [0.717, 1.165) is 50.1 Å². The number of nitrogens with zero attached hydrogens (tertiary/aromatic N) is 5. The van der Waals surface area contributed by atoms with Gasteiger partial charge in [0.25, 0.3) is 0 Å². The molecule has 0 radical (unpaired) electrons. The zero-order valence-electron chi connectivity index (χ0n) is 16.9. The largest absolute Gasteiger partial charge is 0.387 e. The Morgan fingerprint density at radius 2 is 1.87 bits per heavy atom. The van der Waals surface area contributed by atoms with Crippen LogP contribution in [0.2, 0.25) is 0 Å². The molecule has 1 aromatic carbocycles. The highest BCUT2D eigenvalue weighted by molar-refractivity contribution is 6.04. The van der Waals surface area contributed by atoms with Crippen LogP contribution in [0.15, 0.2) is 66.0 Å². The quantitative estimate of drug-likeness (QED) is 0.503. The third-order valence-corrected chi connectivity index (χ3v) is 5.46. The lowest BCUT2D eigenvalue weighted by Gasteiger charge is -2.10. The number of rotatable bonds is 3. The molecule has 0 aliphatic heterocycles. The standard InChI is InChI=1S/C23H20N6O/c1-14-20(5-4-8-26-14)29-22-18-10-15(16-9-17(24-2)12-25-11-16)6-7-19(18)27-13-21(22)28(3)23(29)30/h4-13,24H,1-3H3. The molecule has 7 heteroatoms. The highest BCUT2D eigenvalue weighted by Crippen LogP contribution is 2.30. The molecule has 0 aliphatic rings. The Bertz CT molecular complexity index is 1480. The average molecular weight is 396 g/mol. The first-order valence-corrected chi connectivity index (χ1v) is 9.64. The third-order valence-electron chi connectivity index (χ3n) is 5.46. The molecule has 5 rings (SSSR count). The minimum Gasteiger partial charge on any atom is -0.387 e. The van der Waals surface area contributed by atoms with E-state index in [0.29, 0.717) is 0 Å². The van der Waals surface area contributed by atoms with Gasteiger partial charge in [-0.25, -0.2) is 4.79 Å². The van der Waals surface area contributed by atoms with Crippen molar-refractivity contribution in [2.45, 2.75) is 6.92 Å². The zero-order valence-corrected chi connectivity index (χ0v) is 16.9. The molecule has 0 fully saturated rings. The molecule has 0 saturated carbocycles. The van der Waals surface area contributed by atoms with Crippen molar-refractivity contribution in [3.63, 3.8) is 0 Å². The third kappa shape index (κ3) is 2.67. The van der Waals surface area contributed by atoms with E-state index in [4.69, 9.17) is 0 Å². The van der Waals surface area contributed by atoms with Crippen molar-refractivity contribution in [3.05, 3.63) is 77.4 Å². The fourth-order valence-corrected chi connectivity index (χ4v) is 3.85. The van der Waals surface area contributed by atoms with E-state index in [1.807, 2.05) is 50.5 Å². The van der Waals surface area contributed by atoms with Crippen molar-refractivity contribution in [1.29, 1.82) is 0 Å². The molecule has 0 aliphatic carbocycles. The molecule has 7 nitrogen and oxygen atoms in total. The van der Waals surface area contributed by atoms with Gasteiger partial charge in [-0.05, 0) is 42.8 Å². The smallest absolute Gasteiger partial charge is 0.333 e. The molecule has 4 heterocycles. The lowest BCUT2D eigenvalue weighted by Crippen LogP contribution is -2.21. The number of hydrogen-bond acceptors (Lipinski definition) is 5. The fraction of sp³-hybridized carbons (Fsp3) is 0.130. The fourth-order valence-electron chi connectivity index (χ4n) is 3.85. The van der Waals surface area contributed by atoms with E-state index >= 15 is 0 Å². The summed E-state index contributed by atoms with van der Waals surface area (Å²) < 4.78 is 3.36. The van der Waals surface area contributed by atoms with Crippen molar-refractivity contribution in [1.82, 2.24) is 24.1 Å². The molecule has 0 amide bonds. The van der Waals surface area contributed by atoms with Crippen LogP contribution in [0.1, 0.15) is 5.69 Å². The van der Waals surface area contributed by atoms with Gasteiger partial charge in [0.1, 0.15) is 0 Å². The Labute approximate surface area is 172 Å². The number of fused-ring (bicyclic) bond motifs is 3. The van der Waals surface area contributed by atoms with Gasteiger partial charge in [-0.2, -0.15) is 0 Å². The van der Waals surface area contributed by atoms with Crippen LogP contribution in [0, 0.1) is 6.92 Å². The van der Waals surface area contributed by atoms with E-state index in [2.05, 4.69) is 26.3 Å². The van der Waals surface area contributed by atoms with Crippen LogP contribution in [-0.4, -0.2) is 31.1 Å². The van der Waals surface area contributed by atoms with Gasteiger partial charge in [-0.3, -0.25) is 24.1 Å². The number of aryl methyl sites for hydroxylation is 2. The summed E-state index contributed by atoms with van der Waals surface area (Å²) in [7, 11) is 3.64. The first-order chi connectivity index (χ1) is 14.6. The van der Waals surface area contributed by atoms with Crippen LogP contribution in [0.25, 0.3) is 38.8 Å². The number of anilines is 1. The molecule has 30 heavy (non-hydrogen) atoms. The van der Waals surface area contributed by atoms with Crippen LogP contribution in [0.5, 0.6) is 0 Å². The first kappa shape index (κ1) is 18.1. The molecular formula is C23H20N6O. The number of aromatic nitrogens is 5. The number of imidazole rings is 1. The van der Waals surface area contributed by atoms with Gasteiger partial charge in [-0.15, -0.1) is 0 Å². The van der Waals surface area contributed by atoms with E-state index in [9.17, 15) is 4.79 Å². The molecule has 0 saturated heterocycles. The van der Waals surface area contributed by atoms with Crippen molar-refractivity contribution in [2.75, 3.05) is 12.4 Å². The van der Waals surface area contributed by atoms with Crippen molar-refractivity contribution in [3.8, 4) is 16.8 Å². The van der Waals surface area contributed by atoms with Gasteiger partial charge in [0.2, 0.25) is 0 Å². The maximum atomic E-state index is 13.2. The monoisotopic (exact) mass is 396 g/mol. The van der Waals surface area contributed by atoms with Gasteiger partial charge in [-0.1, -0.05) is 6.07 Å². The maximum absolute atomic E-state index is 13.2. The summed E-state index contributed by atoms with van der Waals surface area (Å²) in [5, 5.41) is 4.02. The topological polar surface area (TPSA) is 77.6 Å². The molecule has 0 atom stereocenters. The molecule has 148 valence electrons. The molecule has 4 aromatic heterocycles. The summed E-state index contributed by atoms with van der Waals surface area (Å²) in [5.74, 6) is 0. The summed E-state index contributed by atoms with van der Waals surface area (Å²) in [5.41, 5.74) is 6.79. The van der Waals surface area contributed by atoms with Crippen LogP contribution >= 0.6 is 0 Å². The van der Waals surface area contributed by atoms with Crippen LogP contribution in [0.3, 0.4) is 0 Å². The first-order valence-electron chi connectivity index (χ1n) is 9.64. The minimum atomic E-state index is -0.125. The average Bonchev–Trinajstić information content (AvgIpc) is 3.04. The highest BCUT2D eigenvalue weighted by Gasteiger charge is 2.18. The summed E-state index contributed by atoms with van der Waals surface area (Å²) in [4.78, 5) is 26.5. The molecular weight excluding hydrogens is 376 g/mol. The van der Waals surface area contributed by atoms with Gasteiger partial charge in [0, 0.05) is 43.6 Å². The summed E-state index contributed by atoms with van der Waals surface area (Å²) in [6.45, 7) is 1.91. The maximum Gasteiger partial charge on any atom is 0.333 e. The summed E-state index contributed by atoms with van der Waals surface area (Å²) in [6.07, 6.45) is 7.10. The van der Waals surface area contributed by atoms with Crippen LogP contribution in [0.4, 0.5) is 5.69 Å². The normalized spacial score (nSPS) is 11.3. The van der Waals surface area contributed by atoms with Crippen LogP contribution < -0.4 is 11.0 Å². The second-order valence-electron chi connectivity index (χ2n) is 7.22. The van der Waals surface area contributed by atoms with E-state index < -0.39 is 0 Å². The predicted octanol–water partition coefficient (Wildman–Crippen LogP) is 3.68. The van der Waals surface area contributed by atoms with E-state index in [-0.39, 0.29) is 5.69 Å². The Morgan fingerprint density at radius 3 is 2.67 bits per heavy atom. The van der Waals surface area contributed by atoms with E-state index in [1.54, 1.807) is 34.8 Å². The van der Waals surface area contributed by atoms with Gasteiger partial charge >= 0.3 is 5.69 Å². The SMILES string of the molecule is CNc1cncc(-c2ccc3ncc4c(c3c2)n(-c2cccnc2C)c(=O)n4C)c1. The highest BCUT2D eigenvalue weighted by atomic mass is 16.1. The van der Waals surface area contributed by atoms with Gasteiger partial charge in [0.15, 0.2) is 0 Å². The van der Waals surface area contributed by atoms with Crippen LogP contribution in [-0.2, 0) is 7.05 Å². The summed E-state index contributed by atoms with van der Waals surface area (Å²) >= 11 is 0. The predicted molar refractivity (Wildman–Crippen MR) is 119 cm³/mol. The minimum absolute atomic E-state index is 0.125. The lowest BCUT2D eigenvalue weighted by atomic mass is 10.0. The molecule has 0 bridgehead atoms. The Morgan fingerprint density at radius 1 is 1.00 bits per heavy atom. The van der Waals surface area contributed by atoms with Crippen molar-refractivity contribution >= 4 is 27.6 Å². The van der Waals surface area contributed by atoms with Crippen molar-refractivity contribution < 1.29 is 0 Å². The second-order valence-corrected chi connectivity index (χ2v) is 7.22. The number of nitrogens with one attached hydrogen (secondary N) is 1. The Kier molecular flexibility index (Phi) is 4.10. The van der Waals surface area contributed by atoms with Crippen molar-refractivity contribution in [2.24, 2.45) is 7.05 Å². The second kappa shape index (κ2) is 6.81. The lowest BCUT2D eigenvalue weighted by molar-refractivity contribution is 0.840. The Hall–Kier alpha value is -4.00. The molecule has 1 N–H and O–H groups in total. The zero-order chi connectivity index (χ0) is 20.8. The van der Waals surface area contributed by atoms with Gasteiger partial charge in [0.05, 0.1) is 39.8 Å². The summed E-state index contributed by atoms with van der Waals surface area (Å²) in [6, 6.07) is 11.9. The molecule has 0 unspecified atom stereocenters. The number of benzene rings is 1. The molecule has 0 spiro atoms.